The van der Waals surface area contributed by atoms with E-state index in [2.05, 4.69) is 29.4 Å². The van der Waals surface area contributed by atoms with Crippen LogP contribution in [0.5, 0.6) is 5.75 Å². The van der Waals surface area contributed by atoms with Gasteiger partial charge in [0.05, 0.1) is 0 Å². The average Bonchev–Trinajstić information content (AvgIpc) is 2.47. The number of aromatic hydroxyl groups is 1. The maximum Gasteiger partial charge on any atom is 0.313 e. The standard InChI is InChI=1S/C15H23N3O3/c1-3-18(4-2)10-6-9-16-14(20)15(21)17-12-7-5-8-13(19)11-12/h5,7-8,11,19H,3-4,6,9-10H2,1-2H3,(H,16,20)(H,17,21). The van der Waals surface area contributed by atoms with E-state index in [4.69, 9.17) is 0 Å². The van der Waals surface area contributed by atoms with Crippen molar-refractivity contribution < 1.29 is 14.7 Å². The first kappa shape index (κ1) is 17.0. The number of rotatable bonds is 7. The zero-order valence-corrected chi connectivity index (χ0v) is 12.6. The summed E-state index contributed by atoms with van der Waals surface area (Å²) in [5, 5.41) is 14.3. The van der Waals surface area contributed by atoms with Gasteiger partial charge < -0.3 is 20.6 Å². The van der Waals surface area contributed by atoms with Crippen LogP contribution in [0.3, 0.4) is 0 Å². The Morgan fingerprint density at radius 2 is 1.90 bits per heavy atom. The summed E-state index contributed by atoms with van der Waals surface area (Å²) in [5.41, 5.74) is 0.387. The lowest BCUT2D eigenvalue weighted by Gasteiger charge is -2.17. The van der Waals surface area contributed by atoms with Crippen LogP contribution >= 0.6 is 0 Å². The lowest BCUT2D eigenvalue weighted by molar-refractivity contribution is -0.136. The van der Waals surface area contributed by atoms with Gasteiger partial charge in [-0.1, -0.05) is 19.9 Å². The lowest BCUT2D eigenvalue weighted by Crippen LogP contribution is -2.37. The number of hydrogen-bond acceptors (Lipinski definition) is 4. The summed E-state index contributed by atoms with van der Waals surface area (Å²) in [6.45, 7) is 7.48. The van der Waals surface area contributed by atoms with E-state index < -0.39 is 11.8 Å². The number of nitrogens with zero attached hydrogens (tertiary/aromatic N) is 1. The van der Waals surface area contributed by atoms with Crippen molar-refractivity contribution in [3.05, 3.63) is 24.3 Å². The molecule has 0 radical (unpaired) electrons. The van der Waals surface area contributed by atoms with Crippen LogP contribution in [0.25, 0.3) is 0 Å². The normalized spacial score (nSPS) is 10.4. The summed E-state index contributed by atoms with van der Waals surface area (Å²) in [5.74, 6) is -1.37. The van der Waals surface area contributed by atoms with Gasteiger partial charge in [-0.15, -0.1) is 0 Å². The molecule has 0 saturated carbocycles. The molecule has 1 aromatic rings. The fraction of sp³-hybridized carbons (Fsp3) is 0.467. The minimum Gasteiger partial charge on any atom is -0.508 e. The zero-order valence-electron chi connectivity index (χ0n) is 12.6. The highest BCUT2D eigenvalue weighted by Crippen LogP contribution is 2.14. The highest BCUT2D eigenvalue weighted by molar-refractivity contribution is 6.39. The summed E-state index contributed by atoms with van der Waals surface area (Å²) in [6, 6.07) is 6.06. The van der Waals surface area contributed by atoms with E-state index in [0.717, 1.165) is 26.1 Å². The molecule has 0 heterocycles. The van der Waals surface area contributed by atoms with Crippen molar-refractivity contribution in [3.63, 3.8) is 0 Å². The van der Waals surface area contributed by atoms with E-state index in [0.29, 0.717) is 12.2 Å². The van der Waals surface area contributed by atoms with Gasteiger partial charge >= 0.3 is 11.8 Å². The molecule has 1 rings (SSSR count). The van der Waals surface area contributed by atoms with E-state index >= 15 is 0 Å². The summed E-state index contributed by atoms with van der Waals surface area (Å²) in [7, 11) is 0. The Kier molecular flexibility index (Phi) is 7.25. The number of amides is 2. The molecule has 6 heteroatoms. The molecule has 0 aliphatic heterocycles. The van der Waals surface area contributed by atoms with Gasteiger partial charge in [0.2, 0.25) is 0 Å². The van der Waals surface area contributed by atoms with Gasteiger partial charge in [-0.05, 0) is 38.2 Å². The SMILES string of the molecule is CCN(CC)CCCNC(=O)C(=O)Nc1cccc(O)c1. The quantitative estimate of drug-likeness (QED) is 0.521. The van der Waals surface area contributed by atoms with Gasteiger partial charge in [0, 0.05) is 18.3 Å². The van der Waals surface area contributed by atoms with E-state index in [9.17, 15) is 14.7 Å². The molecule has 21 heavy (non-hydrogen) atoms. The van der Waals surface area contributed by atoms with E-state index in [1.165, 1.54) is 12.1 Å². The van der Waals surface area contributed by atoms with Crippen LogP contribution in [-0.2, 0) is 9.59 Å². The van der Waals surface area contributed by atoms with Crippen LogP contribution in [0.1, 0.15) is 20.3 Å². The largest absolute Gasteiger partial charge is 0.508 e. The summed E-state index contributed by atoms with van der Waals surface area (Å²) in [4.78, 5) is 25.5. The second kappa shape index (κ2) is 8.97. The van der Waals surface area contributed by atoms with E-state index in [1.807, 2.05) is 0 Å². The van der Waals surface area contributed by atoms with Gasteiger partial charge in [0.25, 0.3) is 0 Å². The van der Waals surface area contributed by atoms with Crippen molar-refractivity contribution in [2.24, 2.45) is 0 Å². The number of phenols is 1. The summed E-state index contributed by atoms with van der Waals surface area (Å²) >= 11 is 0. The smallest absolute Gasteiger partial charge is 0.313 e. The van der Waals surface area contributed by atoms with Crippen molar-refractivity contribution in [2.45, 2.75) is 20.3 Å². The predicted octanol–water partition coefficient (Wildman–Crippen LogP) is 1.18. The Bertz CT molecular complexity index is 473. The van der Waals surface area contributed by atoms with Gasteiger partial charge in [0.1, 0.15) is 5.75 Å². The van der Waals surface area contributed by atoms with Crippen molar-refractivity contribution >= 4 is 17.5 Å². The van der Waals surface area contributed by atoms with Gasteiger partial charge in [0.15, 0.2) is 0 Å². The highest BCUT2D eigenvalue weighted by atomic mass is 16.3. The molecule has 0 spiro atoms. The molecular weight excluding hydrogens is 270 g/mol. The van der Waals surface area contributed by atoms with Crippen LogP contribution < -0.4 is 10.6 Å². The lowest BCUT2D eigenvalue weighted by atomic mass is 10.3. The monoisotopic (exact) mass is 293 g/mol. The molecule has 0 saturated heterocycles. The molecular formula is C15H23N3O3. The van der Waals surface area contributed by atoms with Crippen molar-refractivity contribution in [3.8, 4) is 5.75 Å². The molecule has 0 bridgehead atoms. The second-order valence-corrected chi connectivity index (χ2v) is 4.64. The van der Waals surface area contributed by atoms with E-state index in [1.54, 1.807) is 12.1 Å². The van der Waals surface area contributed by atoms with Gasteiger partial charge in [-0.3, -0.25) is 9.59 Å². The van der Waals surface area contributed by atoms with Crippen LogP contribution in [0, 0.1) is 0 Å². The third kappa shape index (κ3) is 6.27. The number of hydrogen-bond donors (Lipinski definition) is 3. The molecule has 0 aliphatic carbocycles. The molecule has 0 aromatic heterocycles. The van der Waals surface area contributed by atoms with Crippen molar-refractivity contribution in [1.82, 2.24) is 10.2 Å². The Labute approximate surface area is 125 Å². The number of phenolic OH excluding ortho intramolecular Hbond substituents is 1. The Morgan fingerprint density at radius 3 is 2.52 bits per heavy atom. The van der Waals surface area contributed by atoms with Crippen molar-refractivity contribution in [2.75, 3.05) is 31.5 Å². The third-order valence-electron chi connectivity index (χ3n) is 3.14. The minimum absolute atomic E-state index is 0.0347. The molecule has 3 N–H and O–H groups in total. The van der Waals surface area contributed by atoms with Crippen LogP contribution in [0.4, 0.5) is 5.69 Å². The second-order valence-electron chi connectivity index (χ2n) is 4.64. The van der Waals surface area contributed by atoms with Crippen LogP contribution in [0.15, 0.2) is 24.3 Å². The van der Waals surface area contributed by atoms with Crippen LogP contribution in [0.2, 0.25) is 0 Å². The fourth-order valence-electron chi connectivity index (χ4n) is 1.90. The number of carbonyl (C=O) groups excluding carboxylic acids is 2. The van der Waals surface area contributed by atoms with Crippen LogP contribution in [-0.4, -0.2) is 48.0 Å². The third-order valence-corrected chi connectivity index (χ3v) is 3.14. The molecule has 0 aliphatic rings. The maximum absolute atomic E-state index is 11.6. The first-order chi connectivity index (χ1) is 10.1. The number of carbonyl (C=O) groups is 2. The highest BCUT2D eigenvalue weighted by Gasteiger charge is 2.13. The Morgan fingerprint density at radius 1 is 1.19 bits per heavy atom. The summed E-state index contributed by atoms with van der Waals surface area (Å²) < 4.78 is 0. The number of anilines is 1. The maximum atomic E-state index is 11.6. The molecule has 1 aromatic carbocycles. The predicted molar refractivity (Wildman–Crippen MR) is 82.2 cm³/mol. The van der Waals surface area contributed by atoms with Gasteiger partial charge in [-0.2, -0.15) is 0 Å². The minimum atomic E-state index is -0.733. The molecule has 116 valence electrons. The van der Waals surface area contributed by atoms with Crippen molar-refractivity contribution in [1.29, 1.82) is 0 Å². The molecule has 2 amide bonds. The first-order valence-corrected chi connectivity index (χ1v) is 7.17. The molecule has 0 unspecified atom stereocenters. The Balaban J connectivity index is 2.30. The average molecular weight is 293 g/mol. The number of nitrogens with one attached hydrogen (secondary N) is 2. The zero-order chi connectivity index (χ0) is 15.7. The molecule has 0 fully saturated rings. The summed E-state index contributed by atoms with van der Waals surface area (Å²) in [6.07, 6.45) is 0.798. The molecule has 6 nitrogen and oxygen atoms in total. The topological polar surface area (TPSA) is 81.7 Å². The Hall–Kier alpha value is -2.08. The van der Waals surface area contributed by atoms with Gasteiger partial charge in [-0.25, -0.2) is 0 Å². The number of benzene rings is 1. The fourth-order valence-corrected chi connectivity index (χ4v) is 1.90. The van der Waals surface area contributed by atoms with E-state index in [-0.39, 0.29) is 5.75 Å². The molecule has 0 atom stereocenters. The first-order valence-electron chi connectivity index (χ1n) is 7.17.